The highest BCUT2D eigenvalue weighted by atomic mass is 35.5. The third-order valence-electron chi connectivity index (χ3n) is 2.67. The van der Waals surface area contributed by atoms with Crippen LogP contribution in [0.15, 0.2) is 41.4 Å². The summed E-state index contributed by atoms with van der Waals surface area (Å²) in [6, 6.07) is 12.2. The maximum atomic E-state index is 5.87. The van der Waals surface area contributed by atoms with Crippen LogP contribution < -0.4 is 0 Å². The first kappa shape index (κ1) is 13.3. The molecule has 18 heavy (non-hydrogen) atoms. The zero-order chi connectivity index (χ0) is 13.2. The highest BCUT2D eigenvalue weighted by Gasteiger charge is 2.12. The molecule has 0 radical (unpaired) electrons. The predicted octanol–water partition coefficient (Wildman–Crippen LogP) is 5.45. The Labute approximate surface area is 117 Å². The van der Waals surface area contributed by atoms with Crippen LogP contribution in [-0.2, 0) is 5.41 Å². The lowest BCUT2D eigenvalue weighted by Gasteiger charge is -2.18. The normalized spacial score (nSPS) is 12.2. The third-order valence-corrected chi connectivity index (χ3v) is 3.83. The second-order valence-electron chi connectivity index (χ2n) is 5.20. The van der Waals surface area contributed by atoms with Crippen LogP contribution in [0.5, 0.6) is 0 Å². The fourth-order valence-corrected chi connectivity index (χ4v) is 2.52. The first-order valence-corrected chi connectivity index (χ1v) is 7.04. The molecule has 1 aromatic heterocycles. The van der Waals surface area contributed by atoms with E-state index in [4.69, 9.17) is 11.6 Å². The van der Waals surface area contributed by atoms with Crippen LogP contribution in [0.4, 0.5) is 5.69 Å². The lowest BCUT2D eigenvalue weighted by atomic mass is 9.87. The van der Waals surface area contributed by atoms with Crippen molar-refractivity contribution in [1.29, 1.82) is 0 Å². The summed E-state index contributed by atoms with van der Waals surface area (Å²) < 4.78 is 0.791. The minimum atomic E-state index is 0.184. The molecule has 0 saturated heterocycles. The van der Waals surface area contributed by atoms with Crippen LogP contribution in [-0.4, -0.2) is 6.21 Å². The van der Waals surface area contributed by atoms with Crippen molar-refractivity contribution in [2.45, 2.75) is 26.2 Å². The number of aliphatic imine (C=N–C) groups is 1. The van der Waals surface area contributed by atoms with Crippen molar-refractivity contribution >= 4 is 34.8 Å². The monoisotopic (exact) mass is 277 g/mol. The summed E-state index contributed by atoms with van der Waals surface area (Å²) >= 11 is 7.40. The van der Waals surface area contributed by atoms with Gasteiger partial charge in [-0.25, -0.2) is 0 Å². The van der Waals surface area contributed by atoms with Gasteiger partial charge in [0.25, 0.3) is 0 Å². The van der Waals surface area contributed by atoms with Gasteiger partial charge in [0.2, 0.25) is 0 Å². The summed E-state index contributed by atoms with van der Waals surface area (Å²) in [6.07, 6.45) is 1.85. The Bertz CT molecular complexity index is 547. The molecule has 0 unspecified atom stereocenters. The SMILES string of the molecule is CC(C)(C)c1ccc(N=Cc2ccc(Cl)s2)cc1. The standard InChI is InChI=1S/C15H16ClNS/c1-15(2,3)11-4-6-12(7-5-11)17-10-13-8-9-14(16)18-13/h4-10H,1-3H3. The van der Waals surface area contributed by atoms with E-state index in [-0.39, 0.29) is 5.41 Å². The highest BCUT2D eigenvalue weighted by Crippen LogP contribution is 2.25. The molecule has 0 aliphatic carbocycles. The van der Waals surface area contributed by atoms with E-state index in [1.54, 1.807) is 0 Å². The maximum Gasteiger partial charge on any atom is 0.0935 e. The Hall–Kier alpha value is -1.12. The highest BCUT2D eigenvalue weighted by molar-refractivity contribution is 7.17. The minimum Gasteiger partial charge on any atom is -0.255 e. The van der Waals surface area contributed by atoms with Gasteiger partial charge in [0.05, 0.1) is 10.0 Å². The van der Waals surface area contributed by atoms with Crippen molar-refractivity contribution in [3.05, 3.63) is 51.2 Å². The zero-order valence-electron chi connectivity index (χ0n) is 10.8. The van der Waals surface area contributed by atoms with Crippen LogP contribution in [0.1, 0.15) is 31.2 Å². The Morgan fingerprint density at radius 1 is 1.06 bits per heavy atom. The first-order chi connectivity index (χ1) is 8.45. The summed E-state index contributed by atoms with van der Waals surface area (Å²) in [5.74, 6) is 0. The summed E-state index contributed by atoms with van der Waals surface area (Å²) in [4.78, 5) is 5.51. The van der Waals surface area contributed by atoms with Crippen molar-refractivity contribution in [1.82, 2.24) is 0 Å². The molecule has 94 valence electrons. The van der Waals surface area contributed by atoms with Gasteiger partial charge >= 0.3 is 0 Å². The topological polar surface area (TPSA) is 12.4 Å². The molecule has 0 saturated carbocycles. The molecule has 0 N–H and O–H groups in total. The molecule has 0 spiro atoms. The Kier molecular flexibility index (Phi) is 3.88. The molecule has 1 nitrogen and oxygen atoms in total. The van der Waals surface area contributed by atoms with E-state index in [1.165, 1.54) is 16.9 Å². The van der Waals surface area contributed by atoms with Gasteiger partial charge in [-0.3, -0.25) is 4.99 Å². The van der Waals surface area contributed by atoms with Gasteiger partial charge in [0.15, 0.2) is 0 Å². The number of nitrogens with zero attached hydrogens (tertiary/aromatic N) is 1. The van der Waals surface area contributed by atoms with E-state index >= 15 is 0 Å². The number of rotatable bonds is 2. The summed E-state index contributed by atoms with van der Waals surface area (Å²) in [5.41, 5.74) is 2.47. The van der Waals surface area contributed by atoms with E-state index in [0.717, 1.165) is 14.9 Å². The fourth-order valence-electron chi connectivity index (χ4n) is 1.58. The van der Waals surface area contributed by atoms with Crippen LogP contribution in [0, 0.1) is 0 Å². The van der Waals surface area contributed by atoms with Crippen molar-refractivity contribution in [3.8, 4) is 0 Å². The molecule has 0 bridgehead atoms. The summed E-state index contributed by atoms with van der Waals surface area (Å²) in [7, 11) is 0. The van der Waals surface area contributed by atoms with Gasteiger partial charge in [0.1, 0.15) is 0 Å². The molecule has 0 aliphatic heterocycles. The molecular formula is C15H16ClNS. The molecule has 0 atom stereocenters. The van der Waals surface area contributed by atoms with Gasteiger partial charge in [0, 0.05) is 11.1 Å². The number of hydrogen-bond acceptors (Lipinski definition) is 2. The number of thiophene rings is 1. The molecule has 1 aromatic carbocycles. The molecular weight excluding hydrogens is 262 g/mol. The Morgan fingerprint density at radius 3 is 2.22 bits per heavy atom. The number of benzene rings is 1. The van der Waals surface area contributed by atoms with E-state index in [9.17, 15) is 0 Å². The molecule has 1 heterocycles. The van der Waals surface area contributed by atoms with Crippen molar-refractivity contribution < 1.29 is 0 Å². The zero-order valence-corrected chi connectivity index (χ0v) is 12.3. The average Bonchev–Trinajstić information content (AvgIpc) is 2.72. The summed E-state index contributed by atoms with van der Waals surface area (Å²) in [6.45, 7) is 6.62. The van der Waals surface area contributed by atoms with Crippen LogP contribution in [0.2, 0.25) is 4.34 Å². The first-order valence-electron chi connectivity index (χ1n) is 5.85. The van der Waals surface area contributed by atoms with Gasteiger partial charge in [-0.1, -0.05) is 44.5 Å². The van der Waals surface area contributed by atoms with E-state index < -0.39 is 0 Å². The van der Waals surface area contributed by atoms with Crippen LogP contribution in [0.3, 0.4) is 0 Å². The van der Waals surface area contributed by atoms with Gasteiger partial charge in [-0.15, -0.1) is 11.3 Å². The summed E-state index contributed by atoms with van der Waals surface area (Å²) in [5, 5.41) is 0. The lowest BCUT2D eigenvalue weighted by molar-refractivity contribution is 0.590. The van der Waals surface area contributed by atoms with Crippen molar-refractivity contribution in [2.24, 2.45) is 4.99 Å². The van der Waals surface area contributed by atoms with E-state index in [1.807, 2.05) is 30.5 Å². The largest absolute Gasteiger partial charge is 0.255 e. The maximum absolute atomic E-state index is 5.87. The molecule has 2 aromatic rings. The lowest BCUT2D eigenvalue weighted by Crippen LogP contribution is -2.10. The number of halogens is 1. The molecule has 3 heteroatoms. The third kappa shape index (κ3) is 3.44. The van der Waals surface area contributed by atoms with Crippen molar-refractivity contribution in [3.63, 3.8) is 0 Å². The quantitative estimate of drug-likeness (QED) is 0.647. The molecule has 2 rings (SSSR count). The fraction of sp³-hybridized carbons (Fsp3) is 0.267. The second-order valence-corrected chi connectivity index (χ2v) is 6.94. The second kappa shape index (κ2) is 5.25. The Morgan fingerprint density at radius 2 is 1.72 bits per heavy atom. The van der Waals surface area contributed by atoms with Gasteiger partial charge in [-0.05, 0) is 35.2 Å². The predicted molar refractivity (Wildman–Crippen MR) is 81.7 cm³/mol. The average molecular weight is 278 g/mol. The minimum absolute atomic E-state index is 0.184. The van der Waals surface area contributed by atoms with Crippen LogP contribution in [0.25, 0.3) is 0 Å². The van der Waals surface area contributed by atoms with Crippen LogP contribution >= 0.6 is 22.9 Å². The molecule has 0 amide bonds. The van der Waals surface area contributed by atoms with E-state index in [2.05, 4.69) is 37.9 Å². The molecule has 0 fully saturated rings. The van der Waals surface area contributed by atoms with Crippen molar-refractivity contribution in [2.75, 3.05) is 0 Å². The molecule has 0 aliphatic rings. The Balaban J connectivity index is 2.13. The number of hydrogen-bond donors (Lipinski definition) is 0. The van der Waals surface area contributed by atoms with Gasteiger partial charge in [-0.2, -0.15) is 0 Å². The van der Waals surface area contributed by atoms with Gasteiger partial charge < -0.3 is 0 Å². The van der Waals surface area contributed by atoms with E-state index in [0.29, 0.717) is 0 Å². The smallest absolute Gasteiger partial charge is 0.0935 e.